The standard InChI is InChI=1S/C24H36F3N/c1-2-3-4-18-7-12-21(13-8-18)22-14-9-19(10-15-22)5-6-20-11-16-23(28-17-20)24(25,26)27/h11,16-19,21-22H,2-10,12-15H2,1H3/t18-,19?,21-,22?. The zero-order valence-electron chi connectivity index (χ0n) is 17.3. The maximum absolute atomic E-state index is 12.6. The van der Waals surface area contributed by atoms with Crippen molar-refractivity contribution < 1.29 is 13.2 Å². The number of aromatic nitrogens is 1. The van der Waals surface area contributed by atoms with Crippen molar-refractivity contribution in [1.29, 1.82) is 0 Å². The van der Waals surface area contributed by atoms with Crippen LogP contribution in [0.25, 0.3) is 0 Å². The average Bonchev–Trinajstić information content (AvgIpc) is 2.71. The Morgan fingerprint density at radius 1 is 0.857 bits per heavy atom. The predicted octanol–water partition coefficient (Wildman–Crippen LogP) is 7.84. The molecule has 0 bridgehead atoms. The van der Waals surface area contributed by atoms with E-state index in [1.807, 2.05) is 0 Å². The van der Waals surface area contributed by atoms with E-state index in [9.17, 15) is 13.2 Å². The number of hydrogen-bond donors (Lipinski definition) is 0. The van der Waals surface area contributed by atoms with Crippen molar-refractivity contribution in [1.82, 2.24) is 4.98 Å². The fraction of sp³-hybridized carbons (Fsp3) is 0.792. The zero-order valence-corrected chi connectivity index (χ0v) is 17.3. The summed E-state index contributed by atoms with van der Waals surface area (Å²) in [7, 11) is 0. The van der Waals surface area contributed by atoms with E-state index in [0.717, 1.165) is 48.1 Å². The van der Waals surface area contributed by atoms with Gasteiger partial charge < -0.3 is 0 Å². The molecule has 0 atom stereocenters. The molecule has 2 saturated carbocycles. The molecule has 4 heteroatoms. The Balaban J connectivity index is 1.35. The van der Waals surface area contributed by atoms with Gasteiger partial charge in [-0.05, 0) is 73.8 Å². The summed E-state index contributed by atoms with van der Waals surface area (Å²) in [6, 6.07) is 2.71. The maximum Gasteiger partial charge on any atom is 0.433 e. The smallest absolute Gasteiger partial charge is 0.252 e. The van der Waals surface area contributed by atoms with Crippen LogP contribution in [0.15, 0.2) is 18.3 Å². The van der Waals surface area contributed by atoms with Crippen LogP contribution in [0.5, 0.6) is 0 Å². The molecule has 0 radical (unpaired) electrons. The van der Waals surface area contributed by atoms with Gasteiger partial charge in [-0.2, -0.15) is 13.2 Å². The molecule has 0 amide bonds. The second-order valence-corrected chi connectivity index (χ2v) is 9.29. The van der Waals surface area contributed by atoms with Gasteiger partial charge in [-0.15, -0.1) is 0 Å². The minimum Gasteiger partial charge on any atom is -0.252 e. The summed E-state index contributed by atoms with van der Waals surface area (Å²) in [5.41, 5.74) is 0.140. The van der Waals surface area contributed by atoms with Crippen LogP contribution in [0.4, 0.5) is 13.2 Å². The first-order valence-corrected chi connectivity index (χ1v) is 11.5. The Hall–Kier alpha value is -1.06. The van der Waals surface area contributed by atoms with Crippen molar-refractivity contribution in [2.45, 2.75) is 96.6 Å². The highest BCUT2D eigenvalue weighted by Crippen LogP contribution is 2.43. The van der Waals surface area contributed by atoms with E-state index in [1.165, 1.54) is 76.8 Å². The molecule has 0 aliphatic heterocycles. The molecule has 1 heterocycles. The van der Waals surface area contributed by atoms with Crippen molar-refractivity contribution >= 4 is 0 Å². The summed E-state index contributed by atoms with van der Waals surface area (Å²) in [5.74, 6) is 3.61. The minimum absolute atomic E-state index is 0.736. The highest BCUT2D eigenvalue weighted by molar-refractivity contribution is 5.16. The van der Waals surface area contributed by atoms with Crippen molar-refractivity contribution in [2.75, 3.05) is 0 Å². The number of halogens is 3. The van der Waals surface area contributed by atoms with E-state index in [0.29, 0.717) is 0 Å². The van der Waals surface area contributed by atoms with Gasteiger partial charge in [0, 0.05) is 6.20 Å². The largest absolute Gasteiger partial charge is 0.433 e. The number of nitrogens with zero attached hydrogens (tertiary/aromatic N) is 1. The van der Waals surface area contributed by atoms with E-state index >= 15 is 0 Å². The van der Waals surface area contributed by atoms with Gasteiger partial charge in [-0.3, -0.25) is 4.98 Å². The molecule has 1 nitrogen and oxygen atoms in total. The molecular formula is C24H36F3N. The Morgan fingerprint density at radius 3 is 1.89 bits per heavy atom. The predicted molar refractivity (Wildman–Crippen MR) is 108 cm³/mol. The first-order chi connectivity index (χ1) is 13.5. The number of unbranched alkanes of at least 4 members (excludes halogenated alkanes) is 1. The number of pyridine rings is 1. The molecule has 3 rings (SSSR count). The molecule has 1 aromatic rings. The Labute approximate surface area is 168 Å². The molecule has 0 spiro atoms. The molecule has 28 heavy (non-hydrogen) atoms. The van der Waals surface area contributed by atoms with Gasteiger partial charge >= 0.3 is 6.18 Å². The fourth-order valence-electron chi connectivity index (χ4n) is 5.50. The first kappa shape index (κ1) is 21.6. The van der Waals surface area contributed by atoms with Crippen molar-refractivity contribution in [3.8, 4) is 0 Å². The van der Waals surface area contributed by atoms with Gasteiger partial charge in [0.25, 0.3) is 0 Å². The van der Waals surface area contributed by atoms with Crippen LogP contribution in [-0.4, -0.2) is 4.98 Å². The van der Waals surface area contributed by atoms with Crippen LogP contribution < -0.4 is 0 Å². The molecule has 0 aromatic carbocycles. The van der Waals surface area contributed by atoms with E-state index in [2.05, 4.69) is 11.9 Å². The monoisotopic (exact) mass is 395 g/mol. The Kier molecular flexibility index (Phi) is 7.82. The summed E-state index contributed by atoms with van der Waals surface area (Å²) in [5, 5.41) is 0. The molecular weight excluding hydrogens is 359 g/mol. The number of alkyl halides is 3. The van der Waals surface area contributed by atoms with Crippen LogP contribution in [-0.2, 0) is 12.6 Å². The van der Waals surface area contributed by atoms with Crippen LogP contribution >= 0.6 is 0 Å². The van der Waals surface area contributed by atoms with Crippen molar-refractivity contribution in [3.05, 3.63) is 29.6 Å². The van der Waals surface area contributed by atoms with Crippen LogP contribution in [0.2, 0.25) is 0 Å². The summed E-state index contributed by atoms with van der Waals surface area (Å²) in [6.07, 6.45) is 14.3. The van der Waals surface area contributed by atoms with Gasteiger partial charge in [0.05, 0.1) is 0 Å². The van der Waals surface area contributed by atoms with Crippen molar-refractivity contribution in [2.24, 2.45) is 23.7 Å². The van der Waals surface area contributed by atoms with E-state index in [4.69, 9.17) is 0 Å². The lowest BCUT2D eigenvalue weighted by Gasteiger charge is -2.38. The quantitative estimate of drug-likeness (QED) is 0.458. The van der Waals surface area contributed by atoms with E-state index < -0.39 is 11.9 Å². The SMILES string of the molecule is CCCC[C@H]1CC[C@H](C2CCC(CCc3ccc(C(F)(F)F)nc3)CC2)CC1. The molecule has 0 unspecified atom stereocenters. The topological polar surface area (TPSA) is 12.9 Å². The number of aryl methyl sites for hydroxylation is 1. The van der Waals surface area contributed by atoms with E-state index in [1.54, 1.807) is 6.07 Å². The summed E-state index contributed by atoms with van der Waals surface area (Å²) in [4.78, 5) is 3.59. The fourth-order valence-corrected chi connectivity index (χ4v) is 5.50. The number of rotatable bonds is 7. The minimum atomic E-state index is -4.34. The molecule has 0 N–H and O–H groups in total. The molecule has 2 aliphatic rings. The molecule has 2 aliphatic carbocycles. The Morgan fingerprint density at radius 2 is 1.43 bits per heavy atom. The zero-order chi connectivity index (χ0) is 20.0. The third-order valence-corrected chi connectivity index (χ3v) is 7.37. The molecule has 158 valence electrons. The lowest BCUT2D eigenvalue weighted by Crippen LogP contribution is -2.26. The lowest BCUT2D eigenvalue weighted by molar-refractivity contribution is -0.141. The number of hydrogen-bond acceptors (Lipinski definition) is 1. The van der Waals surface area contributed by atoms with Crippen LogP contribution in [0.3, 0.4) is 0 Å². The highest BCUT2D eigenvalue weighted by Gasteiger charge is 2.32. The van der Waals surface area contributed by atoms with Crippen LogP contribution in [0, 0.1) is 23.7 Å². The van der Waals surface area contributed by atoms with Crippen molar-refractivity contribution in [3.63, 3.8) is 0 Å². The molecule has 2 fully saturated rings. The maximum atomic E-state index is 12.6. The Bertz CT molecular complexity index is 565. The first-order valence-electron chi connectivity index (χ1n) is 11.5. The van der Waals surface area contributed by atoms with Gasteiger partial charge in [0.15, 0.2) is 0 Å². The van der Waals surface area contributed by atoms with Crippen LogP contribution in [0.1, 0.15) is 95.2 Å². The third kappa shape index (κ3) is 6.22. The van der Waals surface area contributed by atoms with Gasteiger partial charge in [0.1, 0.15) is 5.69 Å². The summed E-state index contributed by atoms with van der Waals surface area (Å²) < 4.78 is 37.8. The van der Waals surface area contributed by atoms with Gasteiger partial charge in [-0.1, -0.05) is 57.9 Å². The van der Waals surface area contributed by atoms with E-state index in [-0.39, 0.29) is 0 Å². The third-order valence-electron chi connectivity index (χ3n) is 7.37. The van der Waals surface area contributed by atoms with Gasteiger partial charge in [0.2, 0.25) is 0 Å². The normalized spacial score (nSPS) is 29.0. The molecule has 1 aromatic heterocycles. The average molecular weight is 396 g/mol. The summed E-state index contributed by atoms with van der Waals surface area (Å²) >= 11 is 0. The van der Waals surface area contributed by atoms with Gasteiger partial charge in [-0.25, -0.2) is 0 Å². The second-order valence-electron chi connectivity index (χ2n) is 9.29. The lowest BCUT2D eigenvalue weighted by atomic mass is 9.68. The second kappa shape index (κ2) is 10.1. The summed E-state index contributed by atoms with van der Waals surface area (Å²) in [6.45, 7) is 2.29. The highest BCUT2D eigenvalue weighted by atomic mass is 19.4. The molecule has 0 saturated heterocycles.